The molecule has 104 valence electrons. The lowest BCUT2D eigenvalue weighted by Crippen LogP contribution is -2.37. The van der Waals surface area contributed by atoms with Crippen LogP contribution in [0.15, 0.2) is 48.7 Å². The molecule has 0 bridgehead atoms. The molecule has 0 N–H and O–H groups in total. The minimum atomic E-state index is 0.163. The molecule has 1 aromatic carbocycles. The average Bonchev–Trinajstić information content (AvgIpc) is 3.08. The Morgan fingerprint density at radius 2 is 2.00 bits per heavy atom. The molecule has 0 spiro atoms. The summed E-state index contributed by atoms with van der Waals surface area (Å²) in [6.07, 6.45) is 5.09. The second-order valence-corrected chi connectivity index (χ2v) is 5.49. The van der Waals surface area contributed by atoms with Gasteiger partial charge >= 0.3 is 0 Å². The smallest absolute Gasteiger partial charge is 0.270 e. The van der Waals surface area contributed by atoms with Crippen LogP contribution < -0.4 is 0 Å². The summed E-state index contributed by atoms with van der Waals surface area (Å²) >= 11 is 0. The Bertz CT molecular complexity index is 588. The second-order valence-electron chi connectivity index (χ2n) is 5.49. The van der Waals surface area contributed by atoms with Crippen LogP contribution in [0.3, 0.4) is 0 Å². The number of hydrogen-bond acceptors (Lipinski definition) is 1. The van der Waals surface area contributed by atoms with Crippen molar-refractivity contribution in [2.45, 2.75) is 25.3 Å². The van der Waals surface area contributed by atoms with Crippen molar-refractivity contribution < 1.29 is 4.79 Å². The van der Waals surface area contributed by atoms with Crippen LogP contribution in [0.2, 0.25) is 0 Å². The molecule has 2 heterocycles. The zero-order valence-corrected chi connectivity index (χ0v) is 11.8. The Morgan fingerprint density at radius 1 is 1.20 bits per heavy atom. The van der Waals surface area contributed by atoms with Crippen molar-refractivity contribution in [1.29, 1.82) is 0 Å². The van der Waals surface area contributed by atoms with E-state index >= 15 is 0 Å². The minimum Gasteiger partial charge on any atom is -0.347 e. The van der Waals surface area contributed by atoms with E-state index in [4.69, 9.17) is 0 Å². The zero-order chi connectivity index (χ0) is 13.9. The number of carbonyl (C=O) groups excluding carboxylic acids is 1. The molecule has 1 aliphatic rings. The summed E-state index contributed by atoms with van der Waals surface area (Å²) in [7, 11) is 1.93. The van der Waals surface area contributed by atoms with E-state index < -0.39 is 0 Å². The predicted octanol–water partition coefficient (Wildman–Crippen LogP) is 2.87. The number of likely N-dealkylation sites (tertiary alicyclic amines) is 1. The van der Waals surface area contributed by atoms with Gasteiger partial charge in [0.2, 0.25) is 0 Å². The molecule has 3 heteroatoms. The lowest BCUT2D eigenvalue weighted by Gasteiger charge is -2.25. The fourth-order valence-electron chi connectivity index (χ4n) is 3.03. The molecule has 0 saturated carbocycles. The first-order chi connectivity index (χ1) is 9.75. The molecule has 20 heavy (non-hydrogen) atoms. The third-order valence-electron chi connectivity index (χ3n) is 4.12. The van der Waals surface area contributed by atoms with Crippen LogP contribution in [0.4, 0.5) is 0 Å². The SMILES string of the molecule is Cn1cccc1C(=O)N1CCCC1Cc1ccccc1. The fraction of sp³-hybridized carbons (Fsp3) is 0.353. The van der Waals surface area contributed by atoms with E-state index in [2.05, 4.69) is 24.3 Å². The first-order valence-corrected chi connectivity index (χ1v) is 7.22. The van der Waals surface area contributed by atoms with Gasteiger partial charge in [-0.05, 0) is 37.0 Å². The van der Waals surface area contributed by atoms with E-state index in [0.29, 0.717) is 6.04 Å². The van der Waals surface area contributed by atoms with Gasteiger partial charge in [0.05, 0.1) is 0 Å². The standard InChI is InChI=1S/C17H20N2O/c1-18-11-6-10-16(18)17(20)19-12-5-9-15(19)13-14-7-3-2-4-8-14/h2-4,6-8,10-11,15H,5,9,12-13H2,1H3. The lowest BCUT2D eigenvalue weighted by atomic mass is 10.0. The number of hydrogen-bond donors (Lipinski definition) is 0. The van der Waals surface area contributed by atoms with Gasteiger partial charge in [0.1, 0.15) is 5.69 Å². The molecule has 1 fully saturated rings. The summed E-state index contributed by atoms with van der Waals surface area (Å²) in [5.74, 6) is 0.163. The summed E-state index contributed by atoms with van der Waals surface area (Å²) in [4.78, 5) is 14.7. The van der Waals surface area contributed by atoms with E-state index in [9.17, 15) is 4.79 Å². The summed E-state index contributed by atoms with van der Waals surface area (Å²) in [6.45, 7) is 0.877. The van der Waals surface area contributed by atoms with Gasteiger partial charge in [-0.3, -0.25) is 4.79 Å². The lowest BCUT2D eigenvalue weighted by molar-refractivity contribution is 0.0727. The Kier molecular flexibility index (Phi) is 3.59. The van der Waals surface area contributed by atoms with Crippen LogP contribution >= 0.6 is 0 Å². The van der Waals surface area contributed by atoms with Crippen LogP contribution in [-0.4, -0.2) is 28.0 Å². The highest BCUT2D eigenvalue weighted by Gasteiger charge is 2.30. The number of amides is 1. The van der Waals surface area contributed by atoms with Gasteiger partial charge in [-0.25, -0.2) is 0 Å². The van der Waals surface area contributed by atoms with E-state index in [0.717, 1.165) is 31.5 Å². The van der Waals surface area contributed by atoms with Gasteiger partial charge in [0.15, 0.2) is 0 Å². The van der Waals surface area contributed by atoms with Gasteiger partial charge in [-0.15, -0.1) is 0 Å². The van der Waals surface area contributed by atoms with Crippen molar-refractivity contribution in [1.82, 2.24) is 9.47 Å². The first-order valence-electron chi connectivity index (χ1n) is 7.22. The van der Waals surface area contributed by atoms with E-state index in [1.165, 1.54) is 5.56 Å². The fourth-order valence-corrected chi connectivity index (χ4v) is 3.03. The normalized spacial score (nSPS) is 18.4. The maximum absolute atomic E-state index is 12.6. The van der Waals surface area contributed by atoms with Crippen molar-refractivity contribution in [3.8, 4) is 0 Å². The van der Waals surface area contributed by atoms with E-state index in [1.54, 1.807) is 0 Å². The van der Waals surface area contributed by atoms with Gasteiger partial charge in [-0.1, -0.05) is 30.3 Å². The van der Waals surface area contributed by atoms with Gasteiger partial charge in [-0.2, -0.15) is 0 Å². The number of carbonyl (C=O) groups is 1. The molecule has 0 radical (unpaired) electrons. The summed E-state index contributed by atoms with van der Waals surface area (Å²) in [5.41, 5.74) is 2.09. The Hall–Kier alpha value is -2.03. The van der Waals surface area contributed by atoms with Crippen molar-refractivity contribution in [2.75, 3.05) is 6.54 Å². The number of nitrogens with zero attached hydrogens (tertiary/aromatic N) is 2. The van der Waals surface area contributed by atoms with E-state index in [-0.39, 0.29) is 5.91 Å². The molecular weight excluding hydrogens is 248 g/mol. The summed E-state index contributed by atoms with van der Waals surface area (Å²) in [6, 6.07) is 14.6. The monoisotopic (exact) mass is 268 g/mol. The minimum absolute atomic E-state index is 0.163. The quantitative estimate of drug-likeness (QED) is 0.840. The molecular formula is C17H20N2O. The topological polar surface area (TPSA) is 25.2 Å². The molecule has 2 aromatic rings. The van der Waals surface area contributed by atoms with Gasteiger partial charge in [0, 0.05) is 25.8 Å². The molecule has 3 rings (SSSR count). The third-order valence-corrected chi connectivity index (χ3v) is 4.12. The predicted molar refractivity (Wildman–Crippen MR) is 79.6 cm³/mol. The maximum atomic E-state index is 12.6. The van der Waals surface area contributed by atoms with Crippen molar-refractivity contribution in [3.63, 3.8) is 0 Å². The second kappa shape index (κ2) is 5.53. The first kappa shape index (κ1) is 13.0. The molecule has 1 aliphatic heterocycles. The van der Waals surface area contributed by atoms with E-state index in [1.807, 2.05) is 40.9 Å². The average molecular weight is 268 g/mol. The number of rotatable bonds is 3. The number of aryl methyl sites for hydroxylation is 1. The van der Waals surface area contributed by atoms with Crippen molar-refractivity contribution >= 4 is 5.91 Å². The van der Waals surface area contributed by atoms with Crippen LogP contribution in [0.25, 0.3) is 0 Å². The molecule has 1 atom stereocenters. The van der Waals surface area contributed by atoms with Crippen LogP contribution in [0, 0.1) is 0 Å². The maximum Gasteiger partial charge on any atom is 0.270 e. The zero-order valence-electron chi connectivity index (χ0n) is 11.8. The molecule has 1 amide bonds. The molecule has 1 unspecified atom stereocenters. The van der Waals surface area contributed by atoms with Crippen LogP contribution in [0.1, 0.15) is 28.9 Å². The van der Waals surface area contributed by atoms with Gasteiger partial charge in [0.25, 0.3) is 5.91 Å². The van der Waals surface area contributed by atoms with Gasteiger partial charge < -0.3 is 9.47 Å². The molecule has 1 aromatic heterocycles. The largest absolute Gasteiger partial charge is 0.347 e. The Labute approximate surface area is 119 Å². The molecule has 0 aliphatic carbocycles. The molecule has 1 saturated heterocycles. The third kappa shape index (κ3) is 2.48. The van der Waals surface area contributed by atoms with Crippen molar-refractivity contribution in [3.05, 3.63) is 59.9 Å². The molecule has 3 nitrogen and oxygen atoms in total. The number of benzene rings is 1. The van der Waals surface area contributed by atoms with Crippen molar-refractivity contribution in [2.24, 2.45) is 7.05 Å². The Morgan fingerprint density at radius 3 is 2.70 bits per heavy atom. The summed E-state index contributed by atoms with van der Waals surface area (Å²) in [5, 5.41) is 0. The highest BCUT2D eigenvalue weighted by atomic mass is 16.2. The highest BCUT2D eigenvalue weighted by molar-refractivity contribution is 5.93. The Balaban J connectivity index is 1.76. The van der Waals surface area contributed by atoms with Crippen LogP contribution in [0.5, 0.6) is 0 Å². The summed E-state index contributed by atoms with van der Waals surface area (Å²) < 4.78 is 1.90. The number of aromatic nitrogens is 1. The highest BCUT2D eigenvalue weighted by Crippen LogP contribution is 2.23. The van der Waals surface area contributed by atoms with Crippen LogP contribution in [-0.2, 0) is 13.5 Å².